The van der Waals surface area contributed by atoms with Gasteiger partial charge in [0.25, 0.3) is 0 Å². The summed E-state index contributed by atoms with van der Waals surface area (Å²) in [6.07, 6.45) is 0.212. The summed E-state index contributed by atoms with van der Waals surface area (Å²) < 4.78 is 10.1. The number of hydrogen-bond acceptors (Lipinski definition) is 5. The fourth-order valence-corrected chi connectivity index (χ4v) is 2.76. The highest BCUT2D eigenvalue weighted by molar-refractivity contribution is 7.09. The van der Waals surface area contributed by atoms with Crippen molar-refractivity contribution in [3.8, 4) is 5.75 Å². The number of halogens is 1. The van der Waals surface area contributed by atoms with Gasteiger partial charge in [0.2, 0.25) is 5.91 Å². The van der Waals surface area contributed by atoms with Gasteiger partial charge in [-0.2, -0.15) is 0 Å². The summed E-state index contributed by atoms with van der Waals surface area (Å²) in [5.74, 6) is 0.420. The average molecular weight is 327 g/mol. The maximum absolute atomic E-state index is 12.0. The molecule has 0 saturated heterocycles. The van der Waals surface area contributed by atoms with E-state index in [-0.39, 0.29) is 12.3 Å². The number of amides is 1. The SMILES string of the molecule is COCc1nc(CC(=O)Nc2ccc(OC)c(Cl)c2)cs1. The number of aromatic nitrogens is 1. The minimum absolute atomic E-state index is 0.148. The maximum Gasteiger partial charge on any atom is 0.230 e. The lowest BCUT2D eigenvalue weighted by molar-refractivity contribution is -0.115. The first-order valence-corrected chi connectivity index (χ1v) is 7.43. The van der Waals surface area contributed by atoms with Crippen LogP contribution in [0.25, 0.3) is 0 Å². The van der Waals surface area contributed by atoms with Crippen LogP contribution in [0.5, 0.6) is 5.75 Å². The van der Waals surface area contributed by atoms with Crippen molar-refractivity contribution < 1.29 is 14.3 Å². The Morgan fingerprint density at radius 2 is 2.24 bits per heavy atom. The number of methoxy groups -OCH3 is 2. The average Bonchev–Trinajstić information content (AvgIpc) is 2.86. The van der Waals surface area contributed by atoms with Crippen LogP contribution in [0.2, 0.25) is 5.02 Å². The fraction of sp³-hybridized carbons (Fsp3) is 0.286. The Labute approximate surface area is 131 Å². The molecule has 0 spiro atoms. The lowest BCUT2D eigenvalue weighted by Crippen LogP contribution is -2.14. The van der Waals surface area contributed by atoms with E-state index < -0.39 is 0 Å². The molecule has 1 amide bonds. The van der Waals surface area contributed by atoms with Crippen molar-refractivity contribution in [2.45, 2.75) is 13.0 Å². The zero-order valence-corrected chi connectivity index (χ0v) is 13.3. The number of thiazole rings is 1. The van der Waals surface area contributed by atoms with Gasteiger partial charge in [-0.25, -0.2) is 4.98 Å². The zero-order valence-electron chi connectivity index (χ0n) is 11.7. The van der Waals surface area contributed by atoms with Crippen LogP contribution < -0.4 is 10.1 Å². The summed E-state index contributed by atoms with van der Waals surface area (Å²) in [6.45, 7) is 0.459. The quantitative estimate of drug-likeness (QED) is 0.886. The number of anilines is 1. The van der Waals surface area contributed by atoms with Gasteiger partial charge in [-0.1, -0.05) is 11.6 Å². The molecule has 0 aliphatic heterocycles. The van der Waals surface area contributed by atoms with Gasteiger partial charge in [0.1, 0.15) is 10.8 Å². The van der Waals surface area contributed by atoms with Crippen molar-refractivity contribution in [3.05, 3.63) is 39.3 Å². The Bertz CT molecular complexity index is 630. The second kappa shape index (κ2) is 7.40. The molecule has 0 aliphatic carbocycles. The van der Waals surface area contributed by atoms with Crippen LogP contribution in [0.1, 0.15) is 10.7 Å². The zero-order chi connectivity index (χ0) is 15.2. The lowest BCUT2D eigenvalue weighted by atomic mass is 10.2. The van der Waals surface area contributed by atoms with E-state index in [1.165, 1.54) is 11.3 Å². The maximum atomic E-state index is 12.0. The van der Waals surface area contributed by atoms with E-state index in [4.69, 9.17) is 21.1 Å². The van der Waals surface area contributed by atoms with Crippen molar-refractivity contribution in [1.82, 2.24) is 4.98 Å². The molecule has 2 rings (SSSR count). The smallest absolute Gasteiger partial charge is 0.230 e. The number of nitrogens with zero attached hydrogens (tertiary/aromatic N) is 1. The highest BCUT2D eigenvalue weighted by Gasteiger charge is 2.09. The number of benzene rings is 1. The predicted octanol–water partition coefficient (Wildman–Crippen LogP) is 3.13. The third kappa shape index (κ3) is 4.42. The molecule has 2 aromatic rings. The molecule has 0 radical (unpaired) electrons. The summed E-state index contributed by atoms with van der Waals surface area (Å²) in [5, 5.41) is 5.94. The van der Waals surface area contributed by atoms with Crippen LogP contribution in [0.4, 0.5) is 5.69 Å². The molecular weight excluding hydrogens is 312 g/mol. The van der Waals surface area contributed by atoms with Crippen LogP contribution in [0, 0.1) is 0 Å². The minimum Gasteiger partial charge on any atom is -0.495 e. The molecule has 1 aromatic heterocycles. The number of carbonyl (C=O) groups excluding carboxylic acids is 1. The van der Waals surface area contributed by atoms with Crippen LogP contribution >= 0.6 is 22.9 Å². The van der Waals surface area contributed by atoms with Crippen LogP contribution in [-0.4, -0.2) is 25.1 Å². The second-order valence-corrected chi connectivity index (χ2v) is 5.59. The molecule has 0 bridgehead atoms. The molecule has 0 fully saturated rings. The summed E-state index contributed by atoms with van der Waals surface area (Å²) in [7, 11) is 3.15. The highest BCUT2D eigenvalue weighted by Crippen LogP contribution is 2.27. The van der Waals surface area contributed by atoms with E-state index in [0.717, 1.165) is 10.7 Å². The van der Waals surface area contributed by atoms with Gasteiger partial charge in [0, 0.05) is 18.2 Å². The van der Waals surface area contributed by atoms with Crippen molar-refractivity contribution in [2.24, 2.45) is 0 Å². The van der Waals surface area contributed by atoms with Crippen molar-refractivity contribution in [3.63, 3.8) is 0 Å². The van der Waals surface area contributed by atoms with Gasteiger partial charge in [-0.15, -0.1) is 11.3 Å². The van der Waals surface area contributed by atoms with Crippen molar-refractivity contribution in [2.75, 3.05) is 19.5 Å². The highest BCUT2D eigenvalue weighted by atomic mass is 35.5. The minimum atomic E-state index is -0.148. The van der Waals surface area contributed by atoms with Gasteiger partial charge >= 0.3 is 0 Å². The monoisotopic (exact) mass is 326 g/mol. The van der Waals surface area contributed by atoms with E-state index in [9.17, 15) is 4.79 Å². The largest absolute Gasteiger partial charge is 0.495 e. The third-order valence-corrected chi connectivity index (χ3v) is 3.81. The summed E-state index contributed by atoms with van der Waals surface area (Å²) in [6, 6.07) is 5.09. The Kier molecular flexibility index (Phi) is 5.55. The number of ether oxygens (including phenoxy) is 2. The Balaban J connectivity index is 1.96. The second-order valence-electron chi connectivity index (χ2n) is 4.24. The standard InChI is InChI=1S/C14H15ClN2O3S/c1-19-7-14-17-10(8-21-14)6-13(18)16-9-3-4-12(20-2)11(15)5-9/h3-5,8H,6-7H2,1-2H3,(H,16,18). The topological polar surface area (TPSA) is 60.5 Å². The van der Waals surface area contributed by atoms with Gasteiger partial charge in [-0.3, -0.25) is 4.79 Å². The Morgan fingerprint density at radius 1 is 1.43 bits per heavy atom. The molecule has 1 aromatic carbocycles. The van der Waals surface area contributed by atoms with Crippen molar-refractivity contribution in [1.29, 1.82) is 0 Å². The molecule has 21 heavy (non-hydrogen) atoms. The van der Waals surface area contributed by atoms with Gasteiger partial charge in [0.15, 0.2) is 0 Å². The van der Waals surface area contributed by atoms with Crippen molar-refractivity contribution >= 4 is 34.5 Å². The molecular formula is C14H15ClN2O3S. The third-order valence-electron chi connectivity index (χ3n) is 2.64. The van der Waals surface area contributed by atoms with Gasteiger partial charge < -0.3 is 14.8 Å². The van der Waals surface area contributed by atoms with E-state index in [0.29, 0.717) is 23.1 Å². The normalized spacial score (nSPS) is 10.4. The van der Waals surface area contributed by atoms with Gasteiger partial charge in [0.05, 0.1) is 30.9 Å². The van der Waals surface area contributed by atoms with Crippen LogP contribution in [-0.2, 0) is 22.6 Å². The van der Waals surface area contributed by atoms with Crippen LogP contribution in [0.3, 0.4) is 0 Å². The molecule has 0 atom stereocenters. The van der Waals surface area contributed by atoms with E-state index in [1.807, 2.05) is 5.38 Å². The van der Waals surface area contributed by atoms with E-state index >= 15 is 0 Å². The molecule has 0 unspecified atom stereocenters. The van der Waals surface area contributed by atoms with Gasteiger partial charge in [-0.05, 0) is 18.2 Å². The first-order chi connectivity index (χ1) is 10.1. The summed E-state index contributed by atoms with van der Waals surface area (Å²) in [5.41, 5.74) is 1.35. The fourth-order valence-electron chi connectivity index (χ4n) is 1.73. The predicted molar refractivity (Wildman–Crippen MR) is 83.2 cm³/mol. The number of hydrogen-bond donors (Lipinski definition) is 1. The first-order valence-electron chi connectivity index (χ1n) is 6.18. The Hall–Kier alpha value is -1.63. The first kappa shape index (κ1) is 15.8. The molecule has 7 heteroatoms. The summed E-state index contributed by atoms with van der Waals surface area (Å²) in [4.78, 5) is 16.3. The molecule has 1 heterocycles. The number of carbonyl (C=O) groups is 1. The van der Waals surface area contributed by atoms with Crippen LogP contribution in [0.15, 0.2) is 23.6 Å². The molecule has 0 saturated carbocycles. The van der Waals surface area contributed by atoms with E-state index in [2.05, 4.69) is 10.3 Å². The summed E-state index contributed by atoms with van der Waals surface area (Å²) >= 11 is 7.49. The molecule has 1 N–H and O–H groups in total. The number of nitrogens with one attached hydrogen (secondary N) is 1. The Morgan fingerprint density at radius 3 is 2.90 bits per heavy atom. The number of rotatable bonds is 6. The van der Waals surface area contributed by atoms with E-state index in [1.54, 1.807) is 32.4 Å². The molecule has 0 aliphatic rings. The molecule has 112 valence electrons. The molecule has 5 nitrogen and oxygen atoms in total. The lowest BCUT2D eigenvalue weighted by Gasteiger charge is -2.07.